The van der Waals surface area contributed by atoms with Crippen LogP contribution in [0.5, 0.6) is 0 Å². The van der Waals surface area contributed by atoms with Gasteiger partial charge in [0.15, 0.2) is 0 Å². The molecule has 8 heteroatoms. The van der Waals surface area contributed by atoms with Crippen molar-refractivity contribution in [1.82, 2.24) is 9.97 Å². The van der Waals surface area contributed by atoms with Crippen LogP contribution in [-0.2, 0) is 4.74 Å². The maximum atomic E-state index is 10.7. The smallest absolute Gasteiger partial charge is 0.329 e. The standard InChI is InChI=1S/C9H11ClN4O3/c10-9-12-4-7(14(15)16)8(13-9)11-3-6-1-2-17-5-6/h4,6H,1-3,5H2,(H,11,12,13). The minimum atomic E-state index is -0.538. The zero-order valence-electron chi connectivity index (χ0n) is 8.93. The quantitative estimate of drug-likeness (QED) is 0.500. The van der Waals surface area contributed by atoms with Crippen molar-refractivity contribution in [1.29, 1.82) is 0 Å². The summed E-state index contributed by atoms with van der Waals surface area (Å²) < 4.78 is 5.21. The van der Waals surface area contributed by atoms with Crippen molar-refractivity contribution in [2.75, 3.05) is 25.1 Å². The van der Waals surface area contributed by atoms with Gasteiger partial charge in [-0.3, -0.25) is 10.1 Å². The second kappa shape index (κ2) is 5.24. The van der Waals surface area contributed by atoms with Crippen LogP contribution in [0.2, 0.25) is 5.28 Å². The first-order valence-corrected chi connectivity index (χ1v) is 5.53. The molecule has 0 radical (unpaired) electrons. The molecule has 0 spiro atoms. The van der Waals surface area contributed by atoms with Crippen LogP contribution in [0.3, 0.4) is 0 Å². The second-order valence-electron chi connectivity index (χ2n) is 3.74. The Balaban J connectivity index is 2.07. The van der Waals surface area contributed by atoms with E-state index in [0.717, 1.165) is 19.2 Å². The molecule has 1 fully saturated rings. The molecule has 1 atom stereocenters. The number of nitro groups is 1. The van der Waals surface area contributed by atoms with Gasteiger partial charge in [0, 0.05) is 19.1 Å². The Labute approximate surface area is 102 Å². The Bertz CT molecular complexity index is 423. The number of hydrogen-bond donors (Lipinski definition) is 1. The summed E-state index contributed by atoms with van der Waals surface area (Å²) in [4.78, 5) is 17.6. The predicted molar refractivity (Wildman–Crippen MR) is 61.1 cm³/mol. The number of nitrogens with zero attached hydrogens (tertiary/aromatic N) is 3. The van der Waals surface area contributed by atoms with Gasteiger partial charge in [-0.1, -0.05) is 0 Å². The lowest BCUT2D eigenvalue weighted by molar-refractivity contribution is -0.384. The number of halogens is 1. The fourth-order valence-electron chi connectivity index (χ4n) is 1.60. The molecular formula is C9H11ClN4O3. The average molecular weight is 259 g/mol. The van der Waals surface area contributed by atoms with Crippen LogP contribution in [0.1, 0.15) is 6.42 Å². The molecular weight excluding hydrogens is 248 g/mol. The van der Waals surface area contributed by atoms with Gasteiger partial charge < -0.3 is 10.1 Å². The Hall–Kier alpha value is -1.47. The van der Waals surface area contributed by atoms with Gasteiger partial charge in [-0.2, -0.15) is 4.98 Å². The van der Waals surface area contributed by atoms with Crippen molar-refractivity contribution in [3.63, 3.8) is 0 Å². The minimum absolute atomic E-state index is 0.0132. The van der Waals surface area contributed by atoms with E-state index in [-0.39, 0.29) is 16.8 Å². The first kappa shape index (κ1) is 12.0. The third kappa shape index (κ3) is 3.01. The van der Waals surface area contributed by atoms with Crippen molar-refractivity contribution in [2.45, 2.75) is 6.42 Å². The van der Waals surface area contributed by atoms with Crippen LogP contribution in [0.25, 0.3) is 0 Å². The van der Waals surface area contributed by atoms with Gasteiger partial charge in [-0.15, -0.1) is 0 Å². The van der Waals surface area contributed by atoms with E-state index in [0.29, 0.717) is 19.1 Å². The molecule has 0 amide bonds. The van der Waals surface area contributed by atoms with Gasteiger partial charge in [0.25, 0.3) is 0 Å². The van der Waals surface area contributed by atoms with Crippen molar-refractivity contribution in [3.05, 3.63) is 21.6 Å². The van der Waals surface area contributed by atoms with E-state index in [9.17, 15) is 10.1 Å². The molecule has 1 N–H and O–H groups in total. The van der Waals surface area contributed by atoms with Crippen LogP contribution in [0.15, 0.2) is 6.20 Å². The molecule has 1 aromatic heterocycles. The Morgan fingerprint density at radius 3 is 3.18 bits per heavy atom. The fourth-order valence-corrected chi connectivity index (χ4v) is 1.74. The molecule has 1 unspecified atom stereocenters. The lowest BCUT2D eigenvalue weighted by Crippen LogP contribution is -2.16. The highest BCUT2D eigenvalue weighted by atomic mass is 35.5. The lowest BCUT2D eigenvalue weighted by Gasteiger charge is -2.09. The molecule has 1 aromatic rings. The van der Waals surface area contributed by atoms with Crippen molar-refractivity contribution < 1.29 is 9.66 Å². The SMILES string of the molecule is O=[N+]([O-])c1cnc(Cl)nc1NCC1CCOC1. The molecule has 1 aliphatic heterocycles. The average Bonchev–Trinajstić information content (AvgIpc) is 2.78. The number of rotatable bonds is 4. The Morgan fingerprint density at radius 1 is 1.71 bits per heavy atom. The molecule has 1 saturated heterocycles. The van der Waals surface area contributed by atoms with Gasteiger partial charge in [-0.05, 0) is 18.0 Å². The zero-order chi connectivity index (χ0) is 12.3. The van der Waals surface area contributed by atoms with Crippen molar-refractivity contribution >= 4 is 23.1 Å². The molecule has 0 saturated carbocycles. The molecule has 0 aromatic carbocycles. The highest BCUT2D eigenvalue weighted by Crippen LogP contribution is 2.23. The molecule has 2 heterocycles. The molecule has 92 valence electrons. The van der Waals surface area contributed by atoms with E-state index in [1.807, 2.05) is 0 Å². The number of anilines is 1. The first-order chi connectivity index (χ1) is 8.16. The summed E-state index contributed by atoms with van der Waals surface area (Å²) in [5.74, 6) is 0.505. The third-order valence-electron chi connectivity index (χ3n) is 2.52. The van der Waals surface area contributed by atoms with Crippen molar-refractivity contribution in [3.8, 4) is 0 Å². The molecule has 7 nitrogen and oxygen atoms in total. The van der Waals surface area contributed by atoms with Gasteiger partial charge in [0.1, 0.15) is 6.20 Å². The largest absolute Gasteiger partial charge is 0.381 e. The molecule has 0 aliphatic carbocycles. The molecule has 2 rings (SSSR count). The van der Waals surface area contributed by atoms with Crippen LogP contribution < -0.4 is 5.32 Å². The maximum absolute atomic E-state index is 10.7. The summed E-state index contributed by atoms with van der Waals surface area (Å²) >= 11 is 5.61. The highest BCUT2D eigenvalue weighted by molar-refractivity contribution is 6.28. The summed E-state index contributed by atoms with van der Waals surface area (Å²) in [6, 6.07) is 0. The minimum Gasteiger partial charge on any atom is -0.381 e. The first-order valence-electron chi connectivity index (χ1n) is 5.15. The molecule has 1 aliphatic rings. The van der Waals surface area contributed by atoms with Gasteiger partial charge in [0.2, 0.25) is 11.1 Å². The summed E-state index contributed by atoms with van der Waals surface area (Å²) in [6.07, 6.45) is 2.04. The summed E-state index contributed by atoms with van der Waals surface area (Å²) in [6.45, 7) is 1.98. The highest BCUT2D eigenvalue weighted by Gasteiger charge is 2.20. The van der Waals surface area contributed by atoms with Crippen LogP contribution in [0, 0.1) is 16.0 Å². The van der Waals surface area contributed by atoms with E-state index in [4.69, 9.17) is 16.3 Å². The number of ether oxygens (including phenoxy) is 1. The topological polar surface area (TPSA) is 90.2 Å². The van der Waals surface area contributed by atoms with Crippen molar-refractivity contribution in [2.24, 2.45) is 5.92 Å². The molecule has 0 bridgehead atoms. The zero-order valence-corrected chi connectivity index (χ0v) is 9.68. The number of hydrogen-bond acceptors (Lipinski definition) is 6. The van der Waals surface area contributed by atoms with E-state index in [2.05, 4.69) is 15.3 Å². The fraction of sp³-hybridized carbons (Fsp3) is 0.556. The Kier molecular flexibility index (Phi) is 3.70. The molecule has 17 heavy (non-hydrogen) atoms. The summed E-state index contributed by atoms with van der Waals surface area (Å²) in [7, 11) is 0. The van der Waals surface area contributed by atoms with Crippen LogP contribution >= 0.6 is 11.6 Å². The lowest BCUT2D eigenvalue weighted by atomic mass is 10.1. The monoisotopic (exact) mass is 258 g/mol. The number of nitrogens with one attached hydrogen (secondary N) is 1. The van der Waals surface area contributed by atoms with Gasteiger partial charge in [-0.25, -0.2) is 4.98 Å². The summed E-state index contributed by atoms with van der Waals surface area (Å²) in [5.41, 5.74) is -0.173. The second-order valence-corrected chi connectivity index (χ2v) is 4.08. The normalized spacial score (nSPS) is 19.2. The van der Waals surface area contributed by atoms with E-state index in [1.165, 1.54) is 0 Å². The van der Waals surface area contributed by atoms with E-state index >= 15 is 0 Å². The van der Waals surface area contributed by atoms with Gasteiger partial charge >= 0.3 is 5.69 Å². The van der Waals surface area contributed by atoms with Gasteiger partial charge in [0.05, 0.1) is 11.5 Å². The summed E-state index contributed by atoms with van der Waals surface area (Å²) in [5, 5.41) is 13.7. The van der Waals surface area contributed by atoms with E-state index < -0.39 is 4.92 Å². The van der Waals surface area contributed by atoms with E-state index in [1.54, 1.807) is 0 Å². The predicted octanol–water partition coefficient (Wildman–Crippen LogP) is 1.49. The van der Waals surface area contributed by atoms with Crippen LogP contribution in [0.4, 0.5) is 11.5 Å². The number of aromatic nitrogens is 2. The third-order valence-corrected chi connectivity index (χ3v) is 2.70. The Morgan fingerprint density at radius 2 is 2.53 bits per heavy atom. The van der Waals surface area contributed by atoms with Crippen LogP contribution in [-0.4, -0.2) is 34.6 Å². The maximum Gasteiger partial charge on any atom is 0.329 e.